The summed E-state index contributed by atoms with van der Waals surface area (Å²) in [6.45, 7) is 3.49. The van der Waals surface area contributed by atoms with Gasteiger partial charge < -0.3 is 9.79 Å². The molecule has 0 saturated carbocycles. The van der Waals surface area contributed by atoms with E-state index >= 15 is 0 Å². The highest BCUT2D eigenvalue weighted by Crippen LogP contribution is 2.61. The highest BCUT2D eigenvalue weighted by Gasteiger charge is 2.52. The van der Waals surface area contributed by atoms with Crippen LogP contribution in [0.4, 0.5) is 0 Å². The van der Waals surface area contributed by atoms with Crippen LogP contribution in [0.5, 0.6) is 0 Å². The lowest BCUT2D eigenvalue weighted by Crippen LogP contribution is -2.28. The van der Waals surface area contributed by atoms with Gasteiger partial charge in [0.2, 0.25) is 5.16 Å². The van der Waals surface area contributed by atoms with Gasteiger partial charge in [-0.2, -0.15) is 5.26 Å². The summed E-state index contributed by atoms with van der Waals surface area (Å²) < 4.78 is 12.3. The minimum absolute atomic E-state index is 0.343. The molecule has 0 aromatic heterocycles. The van der Waals surface area contributed by atoms with Gasteiger partial charge >= 0.3 is 7.60 Å². The Bertz CT molecular complexity index is 713. The van der Waals surface area contributed by atoms with Crippen LogP contribution in [0, 0.1) is 25.2 Å². The van der Waals surface area contributed by atoms with E-state index in [9.17, 15) is 19.6 Å². The summed E-state index contributed by atoms with van der Waals surface area (Å²) in [5, 5.41) is 7.74. The molecule has 0 heterocycles. The molecule has 2 aromatic rings. The molecule has 2 aromatic carbocycles. The fourth-order valence-corrected chi connectivity index (χ4v) is 3.86. The predicted molar refractivity (Wildman–Crippen MR) is 80.8 cm³/mol. The third kappa shape index (κ3) is 2.41. The molecule has 0 aliphatic rings. The van der Waals surface area contributed by atoms with Crippen molar-refractivity contribution in [3.63, 3.8) is 0 Å². The van der Waals surface area contributed by atoms with Crippen molar-refractivity contribution in [1.82, 2.24) is 0 Å². The maximum atomic E-state index is 12.3. The fourth-order valence-electron chi connectivity index (χ4n) is 2.60. The second-order valence-corrected chi connectivity index (χ2v) is 6.75. The van der Waals surface area contributed by atoms with Crippen molar-refractivity contribution in [3.8, 4) is 6.07 Å². The molecule has 0 atom stereocenters. The average Bonchev–Trinajstić information content (AvgIpc) is 2.42. The average molecular weight is 301 g/mol. The molecule has 0 fully saturated rings. The second-order valence-electron chi connectivity index (χ2n) is 5.00. The van der Waals surface area contributed by atoms with Crippen LogP contribution in [0.15, 0.2) is 48.5 Å². The van der Waals surface area contributed by atoms with E-state index in [1.165, 1.54) is 0 Å². The molecule has 2 rings (SSSR count). The van der Waals surface area contributed by atoms with Crippen LogP contribution in [0.2, 0.25) is 0 Å². The van der Waals surface area contributed by atoms with Crippen LogP contribution in [0.3, 0.4) is 0 Å². The van der Waals surface area contributed by atoms with Crippen LogP contribution in [0.25, 0.3) is 0 Å². The normalized spacial score (nSPS) is 12.0. The molecule has 0 amide bonds. The van der Waals surface area contributed by atoms with E-state index in [0.29, 0.717) is 22.3 Å². The third-order valence-electron chi connectivity index (χ3n) is 3.67. The summed E-state index contributed by atoms with van der Waals surface area (Å²) >= 11 is 0. The Balaban J connectivity index is 2.93. The Hall–Kier alpha value is -1.92. The highest BCUT2D eigenvalue weighted by molar-refractivity contribution is 7.53. The molecule has 108 valence electrons. The van der Waals surface area contributed by atoms with Gasteiger partial charge in [0.25, 0.3) is 0 Å². The smallest absolute Gasteiger partial charge is 0.323 e. The maximum absolute atomic E-state index is 12.3. The first-order chi connectivity index (χ1) is 9.84. The molecule has 21 heavy (non-hydrogen) atoms. The summed E-state index contributed by atoms with van der Waals surface area (Å²) in [7, 11) is -4.77. The lowest BCUT2D eigenvalue weighted by Gasteiger charge is -2.31. The van der Waals surface area contributed by atoms with Gasteiger partial charge in [0, 0.05) is 0 Å². The van der Waals surface area contributed by atoms with Crippen molar-refractivity contribution in [2.24, 2.45) is 0 Å². The first kappa shape index (κ1) is 15.5. The first-order valence-corrected chi connectivity index (χ1v) is 8.05. The van der Waals surface area contributed by atoms with Crippen molar-refractivity contribution in [2.75, 3.05) is 0 Å². The van der Waals surface area contributed by atoms with E-state index in [-0.39, 0.29) is 0 Å². The van der Waals surface area contributed by atoms with Gasteiger partial charge in [-0.3, -0.25) is 4.57 Å². The Morgan fingerprint density at radius 2 is 1.33 bits per heavy atom. The Labute approximate surface area is 123 Å². The molecule has 0 aliphatic heterocycles. The number of hydrogen-bond acceptors (Lipinski definition) is 2. The Kier molecular flexibility index (Phi) is 4.02. The van der Waals surface area contributed by atoms with E-state index < -0.39 is 12.8 Å². The summed E-state index contributed by atoms with van der Waals surface area (Å²) in [6.07, 6.45) is 0. The van der Waals surface area contributed by atoms with E-state index in [1.54, 1.807) is 62.4 Å². The largest absolute Gasteiger partial charge is 0.354 e. The topological polar surface area (TPSA) is 81.3 Å². The summed E-state index contributed by atoms with van der Waals surface area (Å²) in [5.41, 5.74) is 2.03. The van der Waals surface area contributed by atoms with E-state index in [2.05, 4.69) is 0 Å². The SMILES string of the molecule is Cc1ccccc1C(C#N)(c1ccccc1C)P(=O)(O)O. The minimum Gasteiger partial charge on any atom is -0.323 e. The van der Waals surface area contributed by atoms with Crippen LogP contribution in [-0.4, -0.2) is 9.79 Å². The van der Waals surface area contributed by atoms with Gasteiger partial charge in [0.15, 0.2) is 0 Å². The summed E-state index contributed by atoms with van der Waals surface area (Å²) in [4.78, 5) is 19.9. The van der Waals surface area contributed by atoms with Gasteiger partial charge in [-0.05, 0) is 36.1 Å². The monoisotopic (exact) mass is 301 g/mol. The fraction of sp³-hybridized carbons (Fsp3) is 0.188. The number of nitrogens with zero attached hydrogens (tertiary/aromatic N) is 1. The van der Waals surface area contributed by atoms with Gasteiger partial charge in [0.1, 0.15) is 0 Å². The van der Waals surface area contributed by atoms with Crippen molar-refractivity contribution in [3.05, 3.63) is 70.8 Å². The van der Waals surface area contributed by atoms with Crippen molar-refractivity contribution < 1.29 is 14.4 Å². The van der Waals surface area contributed by atoms with Crippen molar-refractivity contribution >= 4 is 7.60 Å². The molecule has 0 spiro atoms. The Morgan fingerprint density at radius 1 is 0.952 bits per heavy atom. The lowest BCUT2D eigenvalue weighted by molar-refractivity contribution is 0.352. The molecule has 4 nitrogen and oxygen atoms in total. The molecule has 5 heteroatoms. The minimum atomic E-state index is -4.77. The van der Waals surface area contributed by atoms with E-state index in [4.69, 9.17) is 0 Å². The van der Waals surface area contributed by atoms with Crippen molar-refractivity contribution in [2.45, 2.75) is 19.0 Å². The third-order valence-corrected chi connectivity index (χ3v) is 5.12. The molecular weight excluding hydrogens is 285 g/mol. The van der Waals surface area contributed by atoms with E-state index in [1.807, 2.05) is 6.07 Å². The number of benzene rings is 2. The molecule has 2 N–H and O–H groups in total. The molecule has 0 bridgehead atoms. The molecule has 0 aliphatic carbocycles. The lowest BCUT2D eigenvalue weighted by atomic mass is 9.86. The second kappa shape index (κ2) is 5.46. The summed E-state index contributed by atoms with van der Waals surface area (Å²) in [5.74, 6) is 0. The zero-order chi connectivity index (χ0) is 15.7. The van der Waals surface area contributed by atoms with Gasteiger partial charge in [-0.1, -0.05) is 48.5 Å². The van der Waals surface area contributed by atoms with Crippen LogP contribution < -0.4 is 0 Å². The first-order valence-electron chi connectivity index (χ1n) is 6.43. The highest BCUT2D eigenvalue weighted by atomic mass is 31.2. The number of nitriles is 1. The molecule has 0 unspecified atom stereocenters. The van der Waals surface area contributed by atoms with Crippen molar-refractivity contribution in [1.29, 1.82) is 5.26 Å². The number of rotatable bonds is 3. The zero-order valence-corrected chi connectivity index (χ0v) is 12.7. The van der Waals surface area contributed by atoms with Crippen LogP contribution in [0.1, 0.15) is 22.3 Å². The summed E-state index contributed by atoms with van der Waals surface area (Å²) in [6, 6.07) is 15.5. The van der Waals surface area contributed by atoms with Gasteiger partial charge in [-0.25, -0.2) is 0 Å². The molecular formula is C16H16NO3P. The van der Waals surface area contributed by atoms with E-state index in [0.717, 1.165) is 0 Å². The van der Waals surface area contributed by atoms with Gasteiger partial charge in [-0.15, -0.1) is 0 Å². The van der Waals surface area contributed by atoms with Crippen LogP contribution >= 0.6 is 7.60 Å². The van der Waals surface area contributed by atoms with Crippen LogP contribution in [-0.2, 0) is 9.72 Å². The number of aryl methyl sites for hydroxylation is 2. The van der Waals surface area contributed by atoms with Gasteiger partial charge in [0.05, 0.1) is 6.07 Å². The standard InChI is InChI=1S/C16H16NO3P/c1-12-7-3-5-9-14(12)16(11-17,21(18,19)20)15-10-6-4-8-13(15)2/h3-10H,1-2H3,(H2,18,19,20). The Morgan fingerprint density at radius 3 is 1.62 bits per heavy atom. The predicted octanol–water partition coefficient (Wildman–Crippen LogP) is 3.25. The quantitative estimate of drug-likeness (QED) is 0.853. The number of hydrogen-bond donors (Lipinski definition) is 2. The zero-order valence-electron chi connectivity index (χ0n) is 11.8. The molecule has 0 saturated heterocycles. The maximum Gasteiger partial charge on any atom is 0.354 e. The molecule has 0 radical (unpaired) electrons.